The molecule has 0 saturated heterocycles. The third-order valence-corrected chi connectivity index (χ3v) is 8.53. The second-order valence-electron chi connectivity index (χ2n) is 7.00. The molecule has 1 aromatic heterocycles. The van der Waals surface area contributed by atoms with Crippen molar-refractivity contribution in [1.29, 1.82) is 0 Å². The Balaban J connectivity index is 1.81. The maximum Gasteiger partial charge on any atom is 0.241 e. The second-order valence-corrected chi connectivity index (χ2v) is 10.7. The minimum absolute atomic E-state index is 0.114. The van der Waals surface area contributed by atoms with Gasteiger partial charge in [0.25, 0.3) is 0 Å². The van der Waals surface area contributed by atoms with E-state index < -0.39 is 16.1 Å². The minimum Gasteiger partial charge on any atom is -0.493 e. The zero-order chi connectivity index (χ0) is 22.7. The molecule has 4 rings (SSSR count). The van der Waals surface area contributed by atoms with Crippen LogP contribution in [0.2, 0.25) is 0 Å². The van der Waals surface area contributed by atoms with Crippen molar-refractivity contribution in [3.63, 3.8) is 0 Å². The van der Waals surface area contributed by atoms with Crippen molar-refractivity contribution in [3.05, 3.63) is 83.2 Å². The van der Waals surface area contributed by atoms with Crippen molar-refractivity contribution in [1.82, 2.24) is 4.72 Å². The van der Waals surface area contributed by atoms with Gasteiger partial charge in [0.1, 0.15) is 0 Å². The van der Waals surface area contributed by atoms with Crippen molar-refractivity contribution < 1.29 is 17.9 Å². The third-order valence-electron chi connectivity index (χ3n) is 5.12. The molecule has 0 radical (unpaired) electrons. The Labute approximate surface area is 196 Å². The van der Waals surface area contributed by atoms with Gasteiger partial charge >= 0.3 is 0 Å². The minimum atomic E-state index is -3.86. The molecule has 0 aliphatic heterocycles. The predicted octanol–water partition coefficient (Wildman–Crippen LogP) is 5.71. The van der Waals surface area contributed by atoms with Crippen molar-refractivity contribution in [3.8, 4) is 11.5 Å². The molecule has 32 heavy (non-hydrogen) atoms. The molecule has 0 aliphatic rings. The molecule has 3 aromatic carbocycles. The quantitative estimate of drug-likeness (QED) is 0.324. The zero-order valence-corrected chi connectivity index (χ0v) is 20.3. The molecule has 1 atom stereocenters. The standard InChI is InChI=1S/C24H23NO4S3/c1-28-19-13-12-17(15-20(19)29-2)32(26,27)25-24(18-9-5-7-11-22(18)30-3)23-14-16-8-4-6-10-21(16)31-23/h4-15,24-25H,1-3H3/t24-/m1/s1. The van der Waals surface area contributed by atoms with Crippen LogP contribution in [0, 0.1) is 0 Å². The first kappa shape index (κ1) is 22.7. The fraction of sp³-hybridized carbons (Fsp3) is 0.167. The lowest BCUT2D eigenvalue weighted by molar-refractivity contribution is 0.354. The van der Waals surface area contributed by atoms with Crippen molar-refractivity contribution in [2.75, 3.05) is 20.5 Å². The number of hydrogen-bond acceptors (Lipinski definition) is 6. The number of fused-ring (bicyclic) bond motifs is 1. The zero-order valence-electron chi connectivity index (χ0n) is 17.9. The average Bonchev–Trinajstić information content (AvgIpc) is 3.26. The van der Waals surface area contributed by atoms with Gasteiger partial charge in [-0.1, -0.05) is 36.4 Å². The van der Waals surface area contributed by atoms with Gasteiger partial charge in [-0.2, -0.15) is 4.72 Å². The highest BCUT2D eigenvalue weighted by Gasteiger charge is 2.27. The summed E-state index contributed by atoms with van der Waals surface area (Å²) >= 11 is 3.18. The maximum atomic E-state index is 13.5. The first-order chi connectivity index (χ1) is 15.5. The lowest BCUT2D eigenvalue weighted by Gasteiger charge is -2.21. The number of hydrogen-bond donors (Lipinski definition) is 1. The van der Waals surface area contributed by atoms with Crippen molar-refractivity contribution in [2.24, 2.45) is 0 Å². The Kier molecular flexibility index (Phi) is 6.76. The molecule has 1 heterocycles. The topological polar surface area (TPSA) is 64.6 Å². The average molecular weight is 486 g/mol. The largest absolute Gasteiger partial charge is 0.493 e. The molecular weight excluding hydrogens is 462 g/mol. The van der Waals surface area contributed by atoms with E-state index >= 15 is 0 Å². The number of rotatable bonds is 8. The molecule has 0 fully saturated rings. The lowest BCUT2D eigenvalue weighted by Crippen LogP contribution is -2.29. The number of nitrogens with one attached hydrogen (secondary N) is 1. The Morgan fingerprint density at radius 1 is 0.906 bits per heavy atom. The first-order valence-electron chi connectivity index (χ1n) is 9.82. The Morgan fingerprint density at radius 3 is 2.34 bits per heavy atom. The highest BCUT2D eigenvalue weighted by Crippen LogP contribution is 2.38. The van der Waals surface area contributed by atoms with Gasteiger partial charge in [-0.15, -0.1) is 23.1 Å². The molecule has 1 N–H and O–H groups in total. The summed E-state index contributed by atoms with van der Waals surface area (Å²) in [6, 6.07) is 22.0. The van der Waals surface area contributed by atoms with Gasteiger partial charge in [0.05, 0.1) is 25.2 Å². The van der Waals surface area contributed by atoms with E-state index in [-0.39, 0.29) is 4.90 Å². The van der Waals surface area contributed by atoms with Crippen molar-refractivity contribution >= 4 is 43.2 Å². The fourth-order valence-electron chi connectivity index (χ4n) is 3.53. The van der Waals surface area contributed by atoms with Crippen LogP contribution in [-0.2, 0) is 10.0 Å². The van der Waals surface area contributed by atoms with E-state index in [1.165, 1.54) is 26.4 Å². The highest BCUT2D eigenvalue weighted by atomic mass is 32.2. The number of ether oxygens (including phenoxy) is 2. The molecule has 4 aromatic rings. The summed E-state index contributed by atoms with van der Waals surface area (Å²) in [5.41, 5.74) is 0.913. The number of benzene rings is 3. The van der Waals surface area contributed by atoms with E-state index in [4.69, 9.17) is 9.47 Å². The molecule has 5 nitrogen and oxygen atoms in total. The summed E-state index contributed by atoms with van der Waals surface area (Å²) < 4.78 is 41.5. The monoisotopic (exact) mass is 485 g/mol. The van der Waals surface area contributed by atoms with Crippen LogP contribution in [0.3, 0.4) is 0 Å². The van der Waals surface area contributed by atoms with Crippen LogP contribution < -0.4 is 14.2 Å². The van der Waals surface area contributed by atoms with Gasteiger partial charge in [0, 0.05) is 20.5 Å². The van der Waals surface area contributed by atoms with E-state index in [2.05, 4.69) is 10.8 Å². The van der Waals surface area contributed by atoms with E-state index in [0.29, 0.717) is 11.5 Å². The predicted molar refractivity (Wildman–Crippen MR) is 132 cm³/mol. The van der Waals surface area contributed by atoms with E-state index in [1.54, 1.807) is 29.2 Å². The summed E-state index contributed by atoms with van der Waals surface area (Å²) in [6.45, 7) is 0. The van der Waals surface area contributed by atoms with Crippen molar-refractivity contribution in [2.45, 2.75) is 15.8 Å². The van der Waals surface area contributed by atoms with E-state index in [1.807, 2.05) is 54.8 Å². The van der Waals surface area contributed by atoms with Crippen LogP contribution in [0.25, 0.3) is 10.1 Å². The second kappa shape index (κ2) is 9.54. The van der Waals surface area contributed by atoms with Gasteiger partial charge in [-0.25, -0.2) is 8.42 Å². The van der Waals surface area contributed by atoms with Gasteiger partial charge < -0.3 is 9.47 Å². The van der Waals surface area contributed by atoms with Gasteiger partial charge in [-0.05, 0) is 47.5 Å². The van der Waals surface area contributed by atoms with Crippen LogP contribution in [0.4, 0.5) is 0 Å². The maximum absolute atomic E-state index is 13.5. The molecule has 0 aliphatic carbocycles. The Hall–Kier alpha value is -2.52. The molecule has 0 bridgehead atoms. The van der Waals surface area contributed by atoms with Crippen LogP contribution in [0.5, 0.6) is 11.5 Å². The molecule has 166 valence electrons. The van der Waals surface area contributed by atoms with Gasteiger partial charge in [0.15, 0.2) is 11.5 Å². The number of thioether (sulfide) groups is 1. The number of sulfonamides is 1. The third kappa shape index (κ3) is 4.49. The fourth-order valence-corrected chi connectivity index (χ4v) is 6.59. The summed E-state index contributed by atoms with van der Waals surface area (Å²) in [7, 11) is -0.866. The molecule has 8 heteroatoms. The van der Waals surface area contributed by atoms with Crippen LogP contribution in [0.1, 0.15) is 16.5 Å². The van der Waals surface area contributed by atoms with Crippen LogP contribution in [-0.4, -0.2) is 28.9 Å². The van der Waals surface area contributed by atoms with Crippen LogP contribution >= 0.6 is 23.1 Å². The summed E-state index contributed by atoms with van der Waals surface area (Å²) in [5.74, 6) is 0.832. The van der Waals surface area contributed by atoms with E-state index in [9.17, 15) is 8.42 Å². The molecular formula is C24H23NO4S3. The molecule has 0 spiro atoms. The molecule has 0 amide bonds. The lowest BCUT2D eigenvalue weighted by atomic mass is 10.1. The summed E-state index contributed by atoms with van der Waals surface area (Å²) in [5, 5.41) is 1.09. The SMILES string of the molecule is COc1ccc(S(=O)(=O)N[C@@H](c2cc3ccccc3s2)c2ccccc2SC)cc1OC. The smallest absolute Gasteiger partial charge is 0.241 e. The Morgan fingerprint density at radius 2 is 1.62 bits per heavy atom. The normalized spacial score (nSPS) is 12.6. The molecule has 0 saturated carbocycles. The summed E-state index contributed by atoms with van der Waals surface area (Å²) in [4.78, 5) is 2.06. The van der Waals surface area contributed by atoms with E-state index in [0.717, 1.165) is 25.4 Å². The number of thiophene rings is 1. The first-order valence-corrected chi connectivity index (χ1v) is 13.3. The highest BCUT2D eigenvalue weighted by molar-refractivity contribution is 7.98. The summed E-state index contributed by atoms with van der Waals surface area (Å²) in [6.07, 6.45) is 1.99. The van der Waals surface area contributed by atoms with Crippen LogP contribution in [0.15, 0.2) is 82.6 Å². The Bertz CT molecular complexity index is 1320. The van der Waals surface area contributed by atoms with Gasteiger partial charge in [0.2, 0.25) is 10.0 Å². The molecule has 0 unspecified atom stereocenters. The van der Waals surface area contributed by atoms with Gasteiger partial charge in [-0.3, -0.25) is 0 Å². The number of methoxy groups -OCH3 is 2.